The summed E-state index contributed by atoms with van der Waals surface area (Å²) in [6, 6.07) is 0.566. The topological polar surface area (TPSA) is 32.3 Å². The predicted octanol–water partition coefficient (Wildman–Crippen LogP) is 1.97. The molecule has 0 unspecified atom stereocenters. The zero-order valence-electron chi connectivity index (χ0n) is 10.8. The molecular weight excluding hydrogens is 212 g/mol. The molecule has 1 rings (SSSR count). The molecule has 96 valence electrons. The molecule has 0 aromatic rings. The summed E-state index contributed by atoms with van der Waals surface area (Å²) in [6.07, 6.45) is 7.25. The summed E-state index contributed by atoms with van der Waals surface area (Å²) in [4.78, 5) is 14.3. The fourth-order valence-corrected chi connectivity index (χ4v) is 2.35. The Kier molecular flexibility index (Phi) is 5.98. The summed E-state index contributed by atoms with van der Waals surface area (Å²) in [6.45, 7) is 9.18. The molecule has 0 aromatic heterocycles. The van der Waals surface area contributed by atoms with Gasteiger partial charge in [-0.2, -0.15) is 0 Å². The first-order valence-electron chi connectivity index (χ1n) is 6.40. The number of hydrogen-bond acceptors (Lipinski definition) is 2. The summed E-state index contributed by atoms with van der Waals surface area (Å²) < 4.78 is 0. The van der Waals surface area contributed by atoms with E-state index in [2.05, 4.69) is 18.5 Å². The van der Waals surface area contributed by atoms with Crippen LogP contribution in [-0.2, 0) is 4.79 Å². The average Bonchev–Trinajstić information content (AvgIpc) is 2.38. The molecule has 1 N–H and O–H groups in total. The Morgan fingerprint density at radius 3 is 2.29 bits per heavy atom. The van der Waals surface area contributed by atoms with Crippen molar-refractivity contribution >= 4 is 5.91 Å². The van der Waals surface area contributed by atoms with E-state index in [0.29, 0.717) is 6.04 Å². The molecule has 3 nitrogen and oxygen atoms in total. The van der Waals surface area contributed by atoms with Crippen molar-refractivity contribution in [1.82, 2.24) is 10.2 Å². The van der Waals surface area contributed by atoms with Crippen LogP contribution in [0.3, 0.4) is 0 Å². The highest BCUT2D eigenvalue weighted by molar-refractivity contribution is 5.79. The van der Waals surface area contributed by atoms with Crippen molar-refractivity contribution in [1.29, 1.82) is 0 Å². The first-order chi connectivity index (χ1) is 8.22. The van der Waals surface area contributed by atoms with Gasteiger partial charge >= 0.3 is 0 Å². The van der Waals surface area contributed by atoms with E-state index in [1.807, 2.05) is 24.1 Å². The minimum Gasteiger partial charge on any atom is -0.342 e. The number of hydrogen-bond donors (Lipinski definition) is 1. The normalized spacial score (nSPS) is 17.2. The maximum absolute atomic E-state index is 12.3. The minimum atomic E-state index is 0.0381. The number of allylic oxidation sites excluding steroid dienone is 2. The number of carbonyl (C=O) groups excluding carboxylic acids is 1. The lowest BCUT2D eigenvalue weighted by atomic mass is 9.97. The van der Waals surface area contributed by atoms with Crippen molar-refractivity contribution in [3.63, 3.8) is 0 Å². The molecule has 1 amide bonds. The van der Waals surface area contributed by atoms with Gasteiger partial charge in [0.05, 0.1) is 0 Å². The van der Waals surface area contributed by atoms with Crippen LogP contribution in [0.15, 0.2) is 25.3 Å². The summed E-state index contributed by atoms with van der Waals surface area (Å²) >= 11 is 0. The molecule has 0 aliphatic carbocycles. The smallest absolute Gasteiger partial charge is 0.226 e. The number of rotatable bonds is 6. The Hall–Kier alpha value is -1.09. The van der Waals surface area contributed by atoms with E-state index in [0.717, 1.165) is 38.8 Å². The lowest BCUT2D eigenvalue weighted by Gasteiger charge is -2.33. The fourth-order valence-electron chi connectivity index (χ4n) is 2.35. The van der Waals surface area contributed by atoms with Crippen LogP contribution in [0.1, 0.15) is 25.7 Å². The minimum absolute atomic E-state index is 0.0381. The third-order valence-electron chi connectivity index (χ3n) is 3.47. The summed E-state index contributed by atoms with van der Waals surface area (Å²) in [5, 5.41) is 3.27. The molecule has 0 aromatic carbocycles. The number of nitrogens with one attached hydrogen (secondary N) is 1. The van der Waals surface area contributed by atoms with E-state index in [4.69, 9.17) is 0 Å². The van der Waals surface area contributed by atoms with Crippen LogP contribution in [-0.4, -0.2) is 37.0 Å². The van der Waals surface area contributed by atoms with E-state index in [9.17, 15) is 4.79 Å². The Morgan fingerprint density at radius 1 is 1.35 bits per heavy atom. The van der Waals surface area contributed by atoms with Gasteiger partial charge in [0.15, 0.2) is 0 Å². The number of amides is 1. The van der Waals surface area contributed by atoms with E-state index >= 15 is 0 Å². The molecule has 1 aliphatic rings. The van der Waals surface area contributed by atoms with Crippen molar-refractivity contribution in [2.24, 2.45) is 5.92 Å². The fraction of sp³-hybridized carbons (Fsp3) is 0.643. The third kappa shape index (κ3) is 4.00. The summed E-state index contributed by atoms with van der Waals surface area (Å²) in [5.74, 6) is 0.301. The lowest BCUT2D eigenvalue weighted by Crippen LogP contribution is -2.45. The highest BCUT2D eigenvalue weighted by Gasteiger charge is 2.26. The summed E-state index contributed by atoms with van der Waals surface area (Å²) in [5.41, 5.74) is 0. The molecule has 0 saturated carbocycles. The zero-order valence-corrected chi connectivity index (χ0v) is 10.8. The first-order valence-corrected chi connectivity index (χ1v) is 6.40. The third-order valence-corrected chi connectivity index (χ3v) is 3.47. The Balaban J connectivity index is 2.50. The van der Waals surface area contributed by atoms with E-state index in [-0.39, 0.29) is 11.8 Å². The van der Waals surface area contributed by atoms with Crippen molar-refractivity contribution in [2.45, 2.75) is 31.7 Å². The van der Waals surface area contributed by atoms with Gasteiger partial charge in [-0.3, -0.25) is 4.79 Å². The maximum atomic E-state index is 12.3. The van der Waals surface area contributed by atoms with Crippen molar-refractivity contribution < 1.29 is 4.79 Å². The SMILES string of the molecule is C=CCC(CC=C)C(=O)N1CCC(NC)CC1. The van der Waals surface area contributed by atoms with E-state index in [1.54, 1.807) is 0 Å². The van der Waals surface area contributed by atoms with Gasteiger partial charge in [-0.05, 0) is 32.7 Å². The number of nitrogens with zero attached hydrogens (tertiary/aromatic N) is 1. The summed E-state index contributed by atoms with van der Waals surface area (Å²) in [7, 11) is 1.99. The maximum Gasteiger partial charge on any atom is 0.226 e. The van der Waals surface area contributed by atoms with Crippen LogP contribution >= 0.6 is 0 Å². The van der Waals surface area contributed by atoms with Crippen LogP contribution < -0.4 is 5.32 Å². The second-order valence-corrected chi connectivity index (χ2v) is 4.63. The van der Waals surface area contributed by atoms with Crippen LogP contribution in [0.25, 0.3) is 0 Å². The highest BCUT2D eigenvalue weighted by Crippen LogP contribution is 2.18. The van der Waals surface area contributed by atoms with Gasteiger partial charge in [0.1, 0.15) is 0 Å². The molecule has 0 spiro atoms. The molecule has 0 atom stereocenters. The van der Waals surface area contributed by atoms with Gasteiger partial charge in [-0.25, -0.2) is 0 Å². The largest absolute Gasteiger partial charge is 0.342 e. The Labute approximate surface area is 105 Å². The predicted molar refractivity (Wildman–Crippen MR) is 71.8 cm³/mol. The number of piperidine rings is 1. The number of carbonyl (C=O) groups is 1. The highest BCUT2D eigenvalue weighted by atomic mass is 16.2. The first kappa shape index (κ1) is 14.0. The molecular formula is C14H24N2O. The van der Waals surface area contributed by atoms with Crippen molar-refractivity contribution in [2.75, 3.05) is 20.1 Å². The Morgan fingerprint density at radius 2 is 1.88 bits per heavy atom. The average molecular weight is 236 g/mol. The Bertz CT molecular complexity index is 257. The quantitative estimate of drug-likeness (QED) is 0.715. The molecule has 1 fully saturated rings. The van der Waals surface area contributed by atoms with Crippen LogP contribution in [0.5, 0.6) is 0 Å². The molecule has 0 bridgehead atoms. The molecule has 1 saturated heterocycles. The molecule has 1 heterocycles. The molecule has 1 aliphatic heterocycles. The second kappa shape index (κ2) is 7.28. The van der Waals surface area contributed by atoms with Gasteiger partial charge in [-0.1, -0.05) is 12.2 Å². The van der Waals surface area contributed by atoms with Gasteiger partial charge in [-0.15, -0.1) is 13.2 Å². The van der Waals surface area contributed by atoms with Crippen molar-refractivity contribution in [3.05, 3.63) is 25.3 Å². The van der Waals surface area contributed by atoms with Gasteiger partial charge in [0, 0.05) is 25.0 Å². The molecule has 0 radical (unpaired) electrons. The van der Waals surface area contributed by atoms with Crippen LogP contribution in [0, 0.1) is 5.92 Å². The molecule has 17 heavy (non-hydrogen) atoms. The monoisotopic (exact) mass is 236 g/mol. The van der Waals surface area contributed by atoms with Crippen LogP contribution in [0.4, 0.5) is 0 Å². The van der Waals surface area contributed by atoms with E-state index in [1.165, 1.54) is 0 Å². The second-order valence-electron chi connectivity index (χ2n) is 4.63. The van der Waals surface area contributed by atoms with Crippen molar-refractivity contribution in [3.8, 4) is 0 Å². The van der Waals surface area contributed by atoms with Gasteiger partial charge < -0.3 is 10.2 Å². The molecule has 3 heteroatoms. The lowest BCUT2D eigenvalue weighted by molar-refractivity contribution is -0.136. The standard InChI is InChI=1S/C14H24N2O/c1-4-6-12(7-5-2)14(17)16-10-8-13(15-3)9-11-16/h4-5,12-13,15H,1-2,6-11H2,3H3. The van der Waals surface area contributed by atoms with E-state index < -0.39 is 0 Å². The van der Waals surface area contributed by atoms with Crippen LogP contribution in [0.2, 0.25) is 0 Å². The zero-order chi connectivity index (χ0) is 12.7. The number of likely N-dealkylation sites (tertiary alicyclic amines) is 1. The van der Waals surface area contributed by atoms with Gasteiger partial charge in [0.2, 0.25) is 5.91 Å². The van der Waals surface area contributed by atoms with Gasteiger partial charge in [0.25, 0.3) is 0 Å².